The molecular formula is C27H34F2N8O2. The maximum Gasteiger partial charge on any atom is 0.181 e. The highest BCUT2D eigenvalue weighted by atomic mass is 19.1. The maximum atomic E-state index is 14.9. The van der Waals surface area contributed by atoms with Gasteiger partial charge >= 0.3 is 0 Å². The molecule has 10 nitrogen and oxygen atoms in total. The predicted octanol–water partition coefficient (Wildman–Crippen LogP) is 4.20. The molecule has 0 spiro atoms. The summed E-state index contributed by atoms with van der Waals surface area (Å²) >= 11 is 0. The Labute approximate surface area is 225 Å². The minimum absolute atomic E-state index is 0.123. The summed E-state index contributed by atoms with van der Waals surface area (Å²) in [5.74, 6) is 0.896. The van der Waals surface area contributed by atoms with Crippen molar-refractivity contribution in [2.45, 2.75) is 32.6 Å². The number of hydrogen-bond acceptors (Lipinski definition) is 7. The zero-order valence-corrected chi connectivity index (χ0v) is 22.4. The molecular weight excluding hydrogens is 506 g/mol. The number of halogens is 2. The molecule has 2 aliphatic rings. The van der Waals surface area contributed by atoms with Crippen LogP contribution in [-0.2, 0) is 4.79 Å². The number of amidine groups is 1. The fourth-order valence-electron chi connectivity index (χ4n) is 4.26. The molecule has 0 bridgehead atoms. The van der Waals surface area contributed by atoms with E-state index in [2.05, 4.69) is 54.0 Å². The summed E-state index contributed by atoms with van der Waals surface area (Å²) in [5.41, 5.74) is 1.89. The number of nitrogens with zero attached hydrogens (tertiary/aromatic N) is 5. The number of aldehydes is 1. The number of aliphatic imine (C=N–C) groups is 2. The number of hydrogen-bond donors (Lipinski definition) is 3. The van der Waals surface area contributed by atoms with Crippen LogP contribution >= 0.6 is 0 Å². The Hall–Kier alpha value is -4.06. The van der Waals surface area contributed by atoms with Crippen LogP contribution < -0.4 is 10.1 Å². The van der Waals surface area contributed by atoms with Gasteiger partial charge in [0.15, 0.2) is 29.9 Å². The summed E-state index contributed by atoms with van der Waals surface area (Å²) in [6, 6.07) is 4.57. The highest BCUT2D eigenvalue weighted by Gasteiger charge is 2.25. The second-order valence-corrected chi connectivity index (χ2v) is 9.52. The molecule has 39 heavy (non-hydrogen) atoms. The van der Waals surface area contributed by atoms with Gasteiger partial charge in [0.2, 0.25) is 0 Å². The lowest BCUT2D eigenvalue weighted by Gasteiger charge is -2.33. The quantitative estimate of drug-likeness (QED) is 0.224. The molecule has 0 radical (unpaired) electrons. The first-order valence-electron chi connectivity index (χ1n) is 12.8. The summed E-state index contributed by atoms with van der Waals surface area (Å²) in [6.45, 7) is 9.91. The lowest BCUT2D eigenvalue weighted by atomic mass is 10.2. The first-order valence-corrected chi connectivity index (χ1v) is 12.8. The molecule has 1 aromatic carbocycles. The van der Waals surface area contributed by atoms with Crippen LogP contribution in [0.1, 0.15) is 37.1 Å². The Morgan fingerprint density at radius 3 is 2.64 bits per heavy atom. The van der Waals surface area contributed by atoms with Crippen LogP contribution in [0.2, 0.25) is 0 Å². The normalized spacial score (nSPS) is 16.6. The number of piperazine rings is 1. The van der Waals surface area contributed by atoms with E-state index in [1.807, 2.05) is 6.07 Å². The first-order chi connectivity index (χ1) is 18.8. The molecule has 208 valence electrons. The number of nitrogens with one attached hydrogen (secondary N) is 3. The van der Waals surface area contributed by atoms with Gasteiger partial charge in [-0.05, 0) is 46.5 Å². The number of aromatic amines is 2. The van der Waals surface area contributed by atoms with E-state index in [9.17, 15) is 8.78 Å². The molecule has 3 heterocycles. The Balaban J connectivity index is 0.00000112. The van der Waals surface area contributed by atoms with E-state index in [-0.39, 0.29) is 23.4 Å². The van der Waals surface area contributed by atoms with Crippen LogP contribution in [0.15, 0.2) is 40.1 Å². The number of rotatable bonds is 8. The molecule has 5 rings (SSSR count). The minimum Gasteiger partial charge on any atom is -0.468 e. The van der Waals surface area contributed by atoms with Crippen molar-refractivity contribution >= 4 is 35.6 Å². The topological polar surface area (TPSA) is 114 Å². The summed E-state index contributed by atoms with van der Waals surface area (Å²) in [6.07, 6.45) is 4.86. The van der Waals surface area contributed by atoms with Gasteiger partial charge in [-0.2, -0.15) is 5.10 Å². The number of aryl methyl sites for hydroxylation is 1. The van der Waals surface area contributed by atoms with E-state index in [0.29, 0.717) is 29.1 Å². The fraction of sp³-hybridized carbons (Fsp3) is 0.407. The lowest BCUT2D eigenvalue weighted by molar-refractivity contribution is -0.106. The molecule has 0 unspecified atom stereocenters. The van der Waals surface area contributed by atoms with Crippen LogP contribution in [0.4, 0.5) is 14.6 Å². The van der Waals surface area contributed by atoms with Crippen molar-refractivity contribution in [3.05, 3.63) is 53.1 Å². The number of likely N-dealkylation sites (N-methyl/N-ethyl adjacent to an activating group) is 1. The summed E-state index contributed by atoms with van der Waals surface area (Å²) in [5, 5.41) is 10.7. The van der Waals surface area contributed by atoms with Gasteiger partial charge in [-0.15, -0.1) is 0 Å². The van der Waals surface area contributed by atoms with Gasteiger partial charge in [0.25, 0.3) is 0 Å². The molecule has 0 atom stereocenters. The van der Waals surface area contributed by atoms with Gasteiger partial charge in [0.05, 0.1) is 5.52 Å². The molecule has 3 N–H and O–H groups in total. The van der Waals surface area contributed by atoms with Gasteiger partial charge in [0.1, 0.15) is 17.9 Å². The van der Waals surface area contributed by atoms with Crippen molar-refractivity contribution in [1.82, 2.24) is 25.0 Å². The van der Waals surface area contributed by atoms with E-state index in [1.165, 1.54) is 19.8 Å². The van der Waals surface area contributed by atoms with Gasteiger partial charge in [0, 0.05) is 67.1 Å². The number of aromatic nitrogens is 3. The van der Waals surface area contributed by atoms with Gasteiger partial charge in [-0.25, -0.2) is 18.8 Å². The smallest absolute Gasteiger partial charge is 0.181 e. The van der Waals surface area contributed by atoms with Crippen LogP contribution in [0.3, 0.4) is 0 Å². The Kier molecular flexibility index (Phi) is 9.07. The molecule has 1 saturated heterocycles. The average Bonchev–Trinajstić information content (AvgIpc) is 3.53. The van der Waals surface area contributed by atoms with E-state index in [0.717, 1.165) is 44.2 Å². The summed E-state index contributed by atoms with van der Waals surface area (Å²) in [7, 11) is 2.07. The SMILES string of the molecule is C=N/C(=C\C(=N/COc1cc(F)c2[nH]c(C)cc2c1F)N1CCN(C)CC1)Nc1cc(C2CC2)[nH]n1.CC=O. The summed E-state index contributed by atoms with van der Waals surface area (Å²) in [4.78, 5) is 24.6. The second-order valence-electron chi connectivity index (χ2n) is 9.52. The van der Waals surface area contributed by atoms with Crippen molar-refractivity contribution in [3.8, 4) is 5.75 Å². The molecule has 2 aromatic heterocycles. The third-order valence-corrected chi connectivity index (χ3v) is 6.48. The maximum absolute atomic E-state index is 14.9. The number of anilines is 1. The van der Waals surface area contributed by atoms with E-state index < -0.39 is 11.6 Å². The number of carbonyl (C=O) groups excluding carboxylic acids is 1. The first kappa shape index (κ1) is 28.0. The molecule has 0 amide bonds. The van der Waals surface area contributed by atoms with Crippen molar-refractivity contribution in [2.24, 2.45) is 9.98 Å². The minimum atomic E-state index is -0.622. The highest BCUT2D eigenvalue weighted by Crippen LogP contribution is 2.39. The number of H-pyrrole nitrogens is 2. The lowest BCUT2D eigenvalue weighted by Crippen LogP contribution is -2.47. The number of benzene rings is 1. The molecule has 12 heteroatoms. The van der Waals surface area contributed by atoms with Crippen molar-refractivity contribution in [3.63, 3.8) is 0 Å². The standard InChI is InChI=1S/C25H30F2N8O.C2H4O/c1-15-10-17-24(27)20(11-18(26)25(17)30-15)36-14-29-23(35-8-6-34(3)7-9-35)13-21(28-2)31-22-12-19(32-33-22)16-4-5-16;1-2-3/h10-13,16,30H,2,4-9,14H2,1,3H3,(H2,31,32,33);2H,1H3/b21-13+,29-23+;. The third kappa shape index (κ3) is 7.08. The number of fused-ring (bicyclic) bond motifs is 1. The molecule has 1 aliphatic carbocycles. The van der Waals surface area contributed by atoms with E-state index in [4.69, 9.17) is 9.53 Å². The van der Waals surface area contributed by atoms with Crippen LogP contribution in [0.25, 0.3) is 10.9 Å². The Bertz CT molecular complexity index is 1370. The van der Waals surface area contributed by atoms with E-state index >= 15 is 0 Å². The van der Waals surface area contributed by atoms with E-state index in [1.54, 1.807) is 19.1 Å². The van der Waals surface area contributed by atoms with Gasteiger partial charge in [-0.3, -0.25) is 5.10 Å². The molecule has 1 saturated carbocycles. The molecule has 3 aromatic rings. The van der Waals surface area contributed by atoms with Crippen LogP contribution in [-0.4, -0.2) is 83.8 Å². The summed E-state index contributed by atoms with van der Waals surface area (Å²) < 4.78 is 35.0. The molecule has 2 fully saturated rings. The van der Waals surface area contributed by atoms with Gasteiger partial charge in [-0.1, -0.05) is 0 Å². The van der Waals surface area contributed by atoms with Crippen LogP contribution in [0.5, 0.6) is 5.75 Å². The Morgan fingerprint density at radius 2 is 1.97 bits per heavy atom. The number of ether oxygens (including phenoxy) is 1. The highest BCUT2D eigenvalue weighted by molar-refractivity contribution is 5.94. The second kappa shape index (κ2) is 12.7. The third-order valence-electron chi connectivity index (χ3n) is 6.48. The zero-order valence-electron chi connectivity index (χ0n) is 22.4. The van der Waals surface area contributed by atoms with Crippen LogP contribution in [0, 0.1) is 18.6 Å². The molecule has 1 aliphatic heterocycles. The number of carbonyl (C=O) groups is 1. The largest absolute Gasteiger partial charge is 0.468 e. The Morgan fingerprint density at radius 1 is 1.26 bits per heavy atom. The predicted molar refractivity (Wildman–Crippen MR) is 149 cm³/mol. The zero-order chi connectivity index (χ0) is 27.9. The van der Waals surface area contributed by atoms with Crippen molar-refractivity contribution < 1.29 is 18.3 Å². The van der Waals surface area contributed by atoms with Crippen molar-refractivity contribution in [2.75, 3.05) is 45.3 Å². The van der Waals surface area contributed by atoms with Crippen molar-refractivity contribution in [1.29, 1.82) is 0 Å². The fourth-order valence-corrected chi connectivity index (χ4v) is 4.26. The average molecular weight is 541 g/mol. The monoisotopic (exact) mass is 540 g/mol. The van der Waals surface area contributed by atoms with Gasteiger partial charge < -0.3 is 29.6 Å².